The zero-order chi connectivity index (χ0) is 49.3. The lowest BCUT2D eigenvalue weighted by Crippen LogP contribution is -2.30. The van der Waals surface area contributed by atoms with Crippen molar-refractivity contribution >= 4 is 17.9 Å². The van der Waals surface area contributed by atoms with Crippen molar-refractivity contribution in [1.82, 2.24) is 0 Å². The second-order valence-electron chi connectivity index (χ2n) is 18.1. The van der Waals surface area contributed by atoms with E-state index in [1.54, 1.807) is 0 Å². The second kappa shape index (κ2) is 55.7. The predicted molar refractivity (Wildman–Crippen MR) is 293 cm³/mol. The molecule has 0 aromatic carbocycles. The van der Waals surface area contributed by atoms with Crippen LogP contribution in [0.4, 0.5) is 0 Å². The molecule has 0 aromatic rings. The van der Waals surface area contributed by atoms with Crippen LogP contribution >= 0.6 is 0 Å². The van der Waals surface area contributed by atoms with E-state index in [9.17, 15) is 14.4 Å². The Hall–Kier alpha value is -3.93. The van der Waals surface area contributed by atoms with Gasteiger partial charge in [-0.1, -0.05) is 214 Å². The van der Waals surface area contributed by atoms with Gasteiger partial charge in [0.05, 0.1) is 0 Å². The minimum atomic E-state index is -0.803. The van der Waals surface area contributed by atoms with Gasteiger partial charge in [-0.2, -0.15) is 0 Å². The first-order valence-corrected chi connectivity index (χ1v) is 27.9. The third-order valence-electron chi connectivity index (χ3n) is 11.5. The molecule has 1 unspecified atom stereocenters. The summed E-state index contributed by atoms with van der Waals surface area (Å²) in [6.45, 7) is 6.36. The molecule has 0 N–H and O–H groups in total. The van der Waals surface area contributed by atoms with Gasteiger partial charge in [-0.25, -0.2) is 0 Å². The Balaban J connectivity index is 4.49. The van der Waals surface area contributed by atoms with Gasteiger partial charge in [0.25, 0.3) is 0 Å². The zero-order valence-electron chi connectivity index (χ0n) is 44.1. The maximum absolute atomic E-state index is 12.8. The average molecular weight is 943 g/mol. The summed E-state index contributed by atoms with van der Waals surface area (Å²) in [7, 11) is 0. The summed E-state index contributed by atoms with van der Waals surface area (Å²) in [5.41, 5.74) is 0. The minimum Gasteiger partial charge on any atom is -0.462 e. The van der Waals surface area contributed by atoms with E-state index in [0.717, 1.165) is 128 Å². The normalized spacial score (nSPS) is 12.9. The van der Waals surface area contributed by atoms with Gasteiger partial charge in [0, 0.05) is 19.3 Å². The lowest BCUT2D eigenvalue weighted by Gasteiger charge is -2.18. The lowest BCUT2D eigenvalue weighted by atomic mass is 10.1. The zero-order valence-corrected chi connectivity index (χ0v) is 44.1. The van der Waals surface area contributed by atoms with Gasteiger partial charge in [0.15, 0.2) is 6.10 Å². The molecule has 1 atom stereocenters. The highest BCUT2D eigenvalue weighted by Crippen LogP contribution is 2.14. The van der Waals surface area contributed by atoms with Crippen LogP contribution in [-0.4, -0.2) is 37.2 Å². The molecule has 0 aromatic heterocycles. The Morgan fingerprint density at radius 3 is 0.926 bits per heavy atom. The van der Waals surface area contributed by atoms with Crippen LogP contribution in [-0.2, 0) is 28.6 Å². The maximum atomic E-state index is 12.8. The Kier molecular flexibility index (Phi) is 52.4. The third kappa shape index (κ3) is 53.0. The highest BCUT2D eigenvalue weighted by Gasteiger charge is 2.19. The van der Waals surface area contributed by atoms with E-state index >= 15 is 0 Å². The van der Waals surface area contributed by atoms with Gasteiger partial charge in [-0.05, 0) is 122 Å². The van der Waals surface area contributed by atoms with Gasteiger partial charge >= 0.3 is 17.9 Å². The minimum absolute atomic E-state index is 0.0979. The summed E-state index contributed by atoms with van der Waals surface area (Å²) < 4.78 is 16.8. The summed E-state index contributed by atoms with van der Waals surface area (Å²) in [5.74, 6) is -0.949. The fourth-order valence-corrected chi connectivity index (χ4v) is 7.36. The van der Waals surface area contributed by atoms with Crippen molar-refractivity contribution in [3.8, 4) is 0 Å². The lowest BCUT2D eigenvalue weighted by molar-refractivity contribution is -0.167. The number of carbonyl (C=O) groups excluding carboxylic acids is 3. The standard InChI is InChI=1S/C62H102O6/c1-4-7-10-13-16-19-22-25-28-30-31-32-35-37-40-43-46-49-52-55-61(64)67-58-59(57-66-60(63)54-51-48-45-42-39-36-33-27-24-21-18-15-12-9-6-3)68-62(65)56-53-50-47-44-41-38-34-29-26-23-20-17-14-11-8-5-2/h7-8,10-11,16-17,19-21,24-26,28-29,31-32,37,40,59H,4-6,9,12-15,18,22-23,27,30,33-36,38-39,41-58H2,1-3H3/b10-7-,11-8-,19-16-,20-17-,24-21-,28-25-,29-26-,32-31-,40-37-. The Morgan fingerprint density at radius 2 is 0.574 bits per heavy atom. The summed E-state index contributed by atoms with van der Waals surface area (Å²) in [5, 5.41) is 0. The topological polar surface area (TPSA) is 78.9 Å². The molecule has 6 nitrogen and oxygen atoms in total. The number of rotatable bonds is 49. The summed E-state index contributed by atoms with van der Waals surface area (Å²) in [6, 6.07) is 0. The monoisotopic (exact) mass is 943 g/mol. The van der Waals surface area contributed by atoms with E-state index in [4.69, 9.17) is 14.2 Å². The Morgan fingerprint density at radius 1 is 0.309 bits per heavy atom. The predicted octanol–water partition coefficient (Wildman–Crippen LogP) is 18.7. The summed E-state index contributed by atoms with van der Waals surface area (Å²) >= 11 is 0. The Bertz CT molecular complexity index is 1410. The molecule has 0 fully saturated rings. The van der Waals surface area contributed by atoms with Crippen LogP contribution in [0.1, 0.15) is 245 Å². The average Bonchev–Trinajstić information content (AvgIpc) is 3.34. The summed E-state index contributed by atoms with van der Waals surface area (Å²) in [4.78, 5) is 38.1. The molecule has 0 rings (SSSR count). The highest BCUT2D eigenvalue weighted by molar-refractivity contribution is 5.71. The van der Waals surface area contributed by atoms with Gasteiger partial charge in [0.2, 0.25) is 0 Å². The molecule has 0 spiro atoms. The number of hydrogen-bond donors (Lipinski definition) is 0. The van der Waals surface area contributed by atoms with Crippen LogP contribution in [0.25, 0.3) is 0 Å². The number of esters is 3. The summed E-state index contributed by atoms with van der Waals surface area (Å²) in [6.07, 6.45) is 75.0. The van der Waals surface area contributed by atoms with Crippen molar-refractivity contribution in [3.05, 3.63) is 109 Å². The SMILES string of the molecule is CC/C=C\C/C=C\C/C=C\C/C=C\C/C=C\CCCCCC(=O)OCC(COC(=O)CCCCCCCCC/C=C\CCCCCC)OC(=O)CCCCCCCC/C=C\C/C=C\C/C=C\CC. The largest absolute Gasteiger partial charge is 0.462 e. The molecule has 0 aliphatic rings. The van der Waals surface area contributed by atoms with E-state index in [1.165, 1.54) is 77.0 Å². The van der Waals surface area contributed by atoms with Gasteiger partial charge in [-0.3, -0.25) is 14.4 Å². The Labute approximate surface area is 419 Å². The third-order valence-corrected chi connectivity index (χ3v) is 11.5. The molecule has 6 heteroatoms. The van der Waals surface area contributed by atoms with Crippen molar-refractivity contribution in [1.29, 1.82) is 0 Å². The van der Waals surface area contributed by atoms with Crippen molar-refractivity contribution in [3.63, 3.8) is 0 Å². The van der Waals surface area contributed by atoms with Gasteiger partial charge in [0.1, 0.15) is 13.2 Å². The molecule has 0 bridgehead atoms. The van der Waals surface area contributed by atoms with Crippen LogP contribution in [0.5, 0.6) is 0 Å². The molecule has 0 saturated carbocycles. The first kappa shape index (κ1) is 64.1. The van der Waals surface area contributed by atoms with E-state index in [0.29, 0.717) is 19.3 Å². The fourth-order valence-electron chi connectivity index (χ4n) is 7.36. The number of ether oxygens (including phenoxy) is 3. The van der Waals surface area contributed by atoms with Crippen LogP contribution in [0, 0.1) is 0 Å². The van der Waals surface area contributed by atoms with Crippen LogP contribution in [0.2, 0.25) is 0 Å². The van der Waals surface area contributed by atoms with Gasteiger partial charge < -0.3 is 14.2 Å². The number of hydrogen-bond acceptors (Lipinski definition) is 6. The fraction of sp³-hybridized carbons (Fsp3) is 0.661. The van der Waals surface area contributed by atoms with Crippen LogP contribution < -0.4 is 0 Å². The molecule has 0 aliphatic carbocycles. The molecule has 386 valence electrons. The molecular weight excluding hydrogens is 841 g/mol. The van der Waals surface area contributed by atoms with E-state index < -0.39 is 6.10 Å². The molecule has 0 aliphatic heterocycles. The molecular formula is C62H102O6. The smallest absolute Gasteiger partial charge is 0.306 e. The number of unbranched alkanes of at least 4 members (excludes halogenated alkanes) is 20. The van der Waals surface area contributed by atoms with Crippen molar-refractivity contribution in [2.75, 3.05) is 13.2 Å². The van der Waals surface area contributed by atoms with Crippen LogP contribution in [0.15, 0.2) is 109 Å². The first-order valence-electron chi connectivity index (χ1n) is 27.9. The second-order valence-corrected chi connectivity index (χ2v) is 18.1. The van der Waals surface area contributed by atoms with E-state index in [1.807, 2.05) is 0 Å². The first-order chi connectivity index (χ1) is 33.5. The molecule has 0 heterocycles. The van der Waals surface area contributed by atoms with E-state index in [-0.39, 0.29) is 31.1 Å². The maximum Gasteiger partial charge on any atom is 0.306 e. The molecule has 0 radical (unpaired) electrons. The molecule has 68 heavy (non-hydrogen) atoms. The number of carbonyl (C=O) groups is 3. The molecule has 0 amide bonds. The van der Waals surface area contributed by atoms with Crippen molar-refractivity contribution in [2.45, 2.75) is 252 Å². The quantitative estimate of drug-likeness (QED) is 0.0262. The van der Waals surface area contributed by atoms with E-state index in [2.05, 4.69) is 130 Å². The van der Waals surface area contributed by atoms with Crippen LogP contribution in [0.3, 0.4) is 0 Å². The molecule has 0 saturated heterocycles. The highest BCUT2D eigenvalue weighted by atomic mass is 16.6. The number of allylic oxidation sites excluding steroid dienone is 18. The van der Waals surface area contributed by atoms with Gasteiger partial charge in [-0.15, -0.1) is 0 Å². The van der Waals surface area contributed by atoms with Crippen molar-refractivity contribution in [2.24, 2.45) is 0 Å². The van der Waals surface area contributed by atoms with Crippen molar-refractivity contribution < 1.29 is 28.6 Å².